The van der Waals surface area contributed by atoms with Crippen LogP contribution in [0.5, 0.6) is 5.75 Å². The number of fused-ring (bicyclic) bond motifs is 1. The molecule has 0 bridgehead atoms. The molecular formula is C21H18BClF4N2O2. The molecule has 162 valence electrons. The number of anilines is 1. The molecule has 2 aromatic carbocycles. The van der Waals surface area contributed by atoms with Gasteiger partial charge in [0.15, 0.2) is 17.2 Å². The third-order valence-corrected chi connectivity index (χ3v) is 5.34. The fourth-order valence-electron chi connectivity index (χ4n) is 3.35. The van der Waals surface area contributed by atoms with E-state index in [1.165, 1.54) is 12.1 Å². The van der Waals surface area contributed by atoms with Crippen LogP contribution in [-0.4, -0.2) is 36.8 Å². The zero-order valence-electron chi connectivity index (χ0n) is 16.6. The quantitative estimate of drug-likeness (QED) is 0.390. The number of ether oxygens (including phenoxy) is 1. The van der Waals surface area contributed by atoms with Gasteiger partial charge in [-0.25, -0.2) is 4.39 Å². The molecule has 1 aromatic heterocycles. The number of rotatable bonds is 6. The molecule has 2 atom stereocenters. The summed E-state index contributed by atoms with van der Waals surface area (Å²) in [6.07, 6.45) is -6.40. The summed E-state index contributed by atoms with van der Waals surface area (Å²) in [5.74, 6) is -1.58. The number of benzene rings is 2. The van der Waals surface area contributed by atoms with Crippen molar-refractivity contribution < 1.29 is 27.4 Å². The van der Waals surface area contributed by atoms with Gasteiger partial charge in [-0.05, 0) is 43.6 Å². The molecule has 0 aliphatic carbocycles. The second kappa shape index (κ2) is 8.55. The van der Waals surface area contributed by atoms with Crippen LogP contribution in [0.15, 0.2) is 42.5 Å². The number of hydrogen-bond donors (Lipinski definition) is 2. The van der Waals surface area contributed by atoms with Crippen molar-refractivity contribution in [2.45, 2.75) is 31.1 Å². The third kappa shape index (κ3) is 4.16. The monoisotopic (exact) mass is 452 g/mol. The molecule has 0 fully saturated rings. The maximum absolute atomic E-state index is 15.1. The van der Waals surface area contributed by atoms with Crippen molar-refractivity contribution in [2.24, 2.45) is 0 Å². The summed E-state index contributed by atoms with van der Waals surface area (Å²) < 4.78 is 61.8. The number of aliphatic hydroxyl groups is 1. The molecule has 0 aliphatic heterocycles. The van der Waals surface area contributed by atoms with E-state index in [1.54, 1.807) is 31.2 Å². The van der Waals surface area contributed by atoms with Gasteiger partial charge in [-0.2, -0.15) is 13.2 Å². The second-order valence-corrected chi connectivity index (χ2v) is 7.42. The van der Waals surface area contributed by atoms with Crippen LogP contribution in [0.2, 0.25) is 11.3 Å². The topological polar surface area (TPSA) is 54.4 Å². The van der Waals surface area contributed by atoms with Gasteiger partial charge in [-0.15, -0.1) is 0 Å². The maximum Gasteiger partial charge on any atom is 0.418 e. The number of aromatic nitrogens is 1. The lowest BCUT2D eigenvalue weighted by molar-refractivity contribution is -0.258. The highest BCUT2D eigenvalue weighted by Gasteiger charge is 2.58. The first-order valence-electron chi connectivity index (χ1n) is 9.17. The Morgan fingerprint density at radius 3 is 2.52 bits per heavy atom. The van der Waals surface area contributed by atoms with E-state index in [0.717, 1.165) is 13.2 Å². The molecule has 4 nitrogen and oxygen atoms in total. The summed E-state index contributed by atoms with van der Waals surface area (Å²) in [5, 5.41) is 13.6. The van der Waals surface area contributed by atoms with Gasteiger partial charge in [-0.1, -0.05) is 23.7 Å². The summed E-state index contributed by atoms with van der Waals surface area (Å²) in [5.41, 5.74) is -2.58. The number of aryl methyl sites for hydroxylation is 1. The minimum Gasteiger partial charge on any atom is -0.492 e. The zero-order chi connectivity index (χ0) is 23.0. The summed E-state index contributed by atoms with van der Waals surface area (Å²) in [7, 11) is 6.50. The van der Waals surface area contributed by atoms with Crippen molar-refractivity contribution >= 4 is 36.0 Å². The molecule has 3 aromatic rings. The number of nitrogens with zero attached hydrogens (tertiary/aromatic N) is 1. The van der Waals surface area contributed by atoms with Crippen molar-refractivity contribution in [1.82, 2.24) is 4.98 Å². The standard InChI is InChI=1S/C21H18BClF4N2O2/c1-11-6-7-12-15(28-11)4-3-5-16(12)29-19(20(30,10-22)21(25,26)27)13-8-9-14(23)18(31-2)17(13)24/h3-9,19,29-30H,10H2,1-2H3. The molecule has 0 spiro atoms. The highest BCUT2D eigenvalue weighted by atomic mass is 35.5. The molecule has 2 unspecified atom stereocenters. The van der Waals surface area contributed by atoms with Crippen LogP contribution in [0.4, 0.5) is 23.2 Å². The lowest BCUT2D eigenvalue weighted by Crippen LogP contribution is -2.52. The van der Waals surface area contributed by atoms with Crippen LogP contribution >= 0.6 is 11.6 Å². The SMILES string of the molecule is [B]CC(O)(C(Nc1cccc2nc(C)ccc12)c1ccc(Cl)c(OC)c1F)C(F)(F)F. The Balaban J connectivity index is 2.24. The van der Waals surface area contributed by atoms with Crippen molar-refractivity contribution in [3.05, 3.63) is 64.6 Å². The van der Waals surface area contributed by atoms with Gasteiger partial charge < -0.3 is 15.2 Å². The Labute approximate surface area is 182 Å². The van der Waals surface area contributed by atoms with Gasteiger partial charge in [0, 0.05) is 22.3 Å². The average molecular weight is 453 g/mol. The average Bonchev–Trinajstić information content (AvgIpc) is 2.71. The number of hydrogen-bond acceptors (Lipinski definition) is 4. The van der Waals surface area contributed by atoms with E-state index in [2.05, 4.69) is 10.3 Å². The highest BCUT2D eigenvalue weighted by Crippen LogP contribution is 2.46. The van der Waals surface area contributed by atoms with E-state index < -0.39 is 41.3 Å². The molecule has 0 aliphatic rings. The van der Waals surface area contributed by atoms with Gasteiger partial charge in [0.1, 0.15) is 0 Å². The van der Waals surface area contributed by atoms with Crippen LogP contribution in [0, 0.1) is 12.7 Å². The first-order chi connectivity index (χ1) is 14.5. The van der Waals surface area contributed by atoms with E-state index in [-0.39, 0.29) is 10.7 Å². The van der Waals surface area contributed by atoms with Crippen LogP contribution in [0.3, 0.4) is 0 Å². The molecule has 0 saturated carbocycles. The number of nitrogens with one attached hydrogen (secondary N) is 1. The van der Waals surface area contributed by atoms with E-state index in [1.807, 2.05) is 0 Å². The molecule has 2 N–H and O–H groups in total. The number of halogens is 5. The number of methoxy groups -OCH3 is 1. The van der Waals surface area contributed by atoms with Crippen molar-refractivity contribution in [3.63, 3.8) is 0 Å². The van der Waals surface area contributed by atoms with Crippen molar-refractivity contribution in [1.29, 1.82) is 0 Å². The summed E-state index contributed by atoms with van der Waals surface area (Å²) in [6, 6.07) is 8.36. The smallest absolute Gasteiger partial charge is 0.418 e. The summed E-state index contributed by atoms with van der Waals surface area (Å²) >= 11 is 5.89. The third-order valence-electron chi connectivity index (χ3n) is 5.04. The van der Waals surface area contributed by atoms with Gasteiger partial charge >= 0.3 is 6.18 Å². The number of alkyl halides is 3. The van der Waals surface area contributed by atoms with E-state index in [4.69, 9.17) is 24.2 Å². The predicted octanol–water partition coefficient (Wildman–Crippen LogP) is 5.38. The maximum atomic E-state index is 15.1. The van der Waals surface area contributed by atoms with E-state index in [0.29, 0.717) is 16.6 Å². The zero-order valence-corrected chi connectivity index (χ0v) is 17.4. The van der Waals surface area contributed by atoms with Gasteiger partial charge in [0.2, 0.25) is 0 Å². The Hall–Kier alpha value is -2.52. The fraction of sp³-hybridized carbons (Fsp3) is 0.286. The van der Waals surface area contributed by atoms with Gasteiger partial charge in [0.05, 0.1) is 31.5 Å². The Morgan fingerprint density at radius 1 is 1.19 bits per heavy atom. The second-order valence-electron chi connectivity index (χ2n) is 7.01. The molecule has 3 rings (SSSR count). The van der Waals surface area contributed by atoms with E-state index >= 15 is 4.39 Å². The molecule has 31 heavy (non-hydrogen) atoms. The van der Waals surface area contributed by atoms with Gasteiger partial charge in [0.25, 0.3) is 0 Å². The van der Waals surface area contributed by atoms with Gasteiger partial charge in [-0.3, -0.25) is 4.98 Å². The minimum absolute atomic E-state index is 0.129. The summed E-state index contributed by atoms with van der Waals surface area (Å²) in [6.45, 7) is 1.77. The first kappa shape index (κ1) is 23.2. The normalized spacial score (nSPS) is 14.8. The lowest BCUT2D eigenvalue weighted by atomic mass is 9.77. The number of pyridine rings is 1. The molecule has 1 heterocycles. The van der Waals surface area contributed by atoms with E-state index in [9.17, 15) is 18.3 Å². The van der Waals surface area contributed by atoms with Crippen LogP contribution in [0.25, 0.3) is 10.9 Å². The minimum atomic E-state index is -5.18. The largest absolute Gasteiger partial charge is 0.492 e. The molecule has 2 radical (unpaired) electrons. The van der Waals surface area contributed by atoms with Crippen molar-refractivity contribution in [2.75, 3.05) is 12.4 Å². The Kier molecular flexibility index (Phi) is 6.39. The predicted molar refractivity (Wildman–Crippen MR) is 112 cm³/mol. The molecule has 10 heteroatoms. The Morgan fingerprint density at radius 2 is 1.90 bits per heavy atom. The molecular weight excluding hydrogens is 435 g/mol. The Bertz CT molecular complexity index is 1110. The van der Waals surface area contributed by atoms with Crippen LogP contribution in [-0.2, 0) is 0 Å². The fourth-order valence-corrected chi connectivity index (χ4v) is 3.57. The van der Waals surface area contributed by atoms with Crippen LogP contribution < -0.4 is 10.1 Å². The highest BCUT2D eigenvalue weighted by molar-refractivity contribution is 6.32. The lowest BCUT2D eigenvalue weighted by Gasteiger charge is -2.39. The first-order valence-corrected chi connectivity index (χ1v) is 9.55. The molecule has 0 saturated heterocycles. The van der Waals surface area contributed by atoms with Crippen molar-refractivity contribution in [3.8, 4) is 5.75 Å². The molecule has 0 amide bonds. The summed E-state index contributed by atoms with van der Waals surface area (Å²) in [4.78, 5) is 4.34. The van der Waals surface area contributed by atoms with Crippen LogP contribution in [0.1, 0.15) is 17.3 Å².